The lowest BCUT2D eigenvalue weighted by atomic mass is 10.2. The Morgan fingerprint density at radius 1 is 1.62 bits per heavy atom. The number of primary amides is 1. The van der Waals surface area contributed by atoms with Crippen LogP contribution in [0.4, 0.5) is 0 Å². The van der Waals surface area contributed by atoms with Crippen molar-refractivity contribution < 1.29 is 4.79 Å². The summed E-state index contributed by atoms with van der Waals surface area (Å²) >= 11 is 0. The minimum atomic E-state index is -0.344. The van der Waals surface area contributed by atoms with Crippen LogP contribution in [0.5, 0.6) is 0 Å². The highest BCUT2D eigenvalue weighted by molar-refractivity contribution is 5.77. The van der Waals surface area contributed by atoms with Gasteiger partial charge >= 0.3 is 0 Å². The first-order valence-electron chi connectivity index (χ1n) is 3.81. The minimum Gasteiger partial charge on any atom is -0.369 e. The van der Waals surface area contributed by atoms with Gasteiger partial charge in [-0.05, 0) is 11.6 Å². The van der Waals surface area contributed by atoms with Gasteiger partial charge in [0, 0.05) is 6.20 Å². The van der Waals surface area contributed by atoms with Gasteiger partial charge in [-0.2, -0.15) is 5.10 Å². The third-order valence-corrected chi connectivity index (χ3v) is 1.71. The van der Waals surface area contributed by atoms with E-state index in [1.165, 1.54) is 6.33 Å². The zero-order valence-electron chi connectivity index (χ0n) is 6.84. The van der Waals surface area contributed by atoms with Gasteiger partial charge in [0.25, 0.3) is 0 Å². The summed E-state index contributed by atoms with van der Waals surface area (Å²) in [4.78, 5) is 14.5. The van der Waals surface area contributed by atoms with Gasteiger partial charge in [-0.25, -0.2) is 9.50 Å². The van der Waals surface area contributed by atoms with E-state index in [1.54, 1.807) is 16.9 Å². The second kappa shape index (κ2) is 2.85. The molecule has 13 heavy (non-hydrogen) atoms. The molecule has 0 saturated heterocycles. The van der Waals surface area contributed by atoms with Crippen molar-refractivity contribution in [1.82, 2.24) is 14.6 Å². The fourth-order valence-corrected chi connectivity index (χ4v) is 1.21. The Hall–Kier alpha value is -1.91. The largest absolute Gasteiger partial charge is 0.369 e. The van der Waals surface area contributed by atoms with Gasteiger partial charge in [-0.1, -0.05) is 0 Å². The summed E-state index contributed by atoms with van der Waals surface area (Å²) in [5, 5.41) is 3.96. The monoisotopic (exact) mass is 176 g/mol. The normalized spacial score (nSPS) is 10.5. The van der Waals surface area contributed by atoms with E-state index >= 15 is 0 Å². The zero-order valence-corrected chi connectivity index (χ0v) is 6.84. The minimum absolute atomic E-state index is 0.239. The van der Waals surface area contributed by atoms with Crippen molar-refractivity contribution in [1.29, 1.82) is 0 Å². The van der Waals surface area contributed by atoms with Gasteiger partial charge in [-0.15, -0.1) is 0 Å². The number of nitrogens with zero attached hydrogens (tertiary/aromatic N) is 3. The van der Waals surface area contributed by atoms with Crippen LogP contribution in [-0.2, 0) is 11.2 Å². The van der Waals surface area contributed by atoms with Gasteiger partial charge in [0.1, 0.15) is 6.33 Å². The third kappa shape index (κ3) is 1.48. The van der Waals surface area contributed by atoms with E-state index in [2.05, 4.69) is 10.1 Å². The number of hydrogen-bond donors (Lipinski definition) is 1. The number of rotatable bonds is 2. The lowest BCUT2D eigenvalue weighted by molar-refractivity contribution is -0.117. The van der Waals surface area contributed by atoms with E-state index in [-0.39, 0.29) is 12.3 Å². The number of amides is 1. The van der Waals surface area contributed by atoms with Crippen molar-refractivity contribution >= 4 is 11.4 Å². The molecule has 2 aromatic rings. The fourth-order valence-electron chi connectivity index (χ4n) is 1.21. The molecule has 5 heteroatoms. The molecule has 0 atom stereocenters. The van der Waals surface area contributed by atoms with Gasteiger partial charge in [0.2, 0.25) is 5.91 Å². The molecule has 5 nitrogen and oxygen atoms in total. The summed E-state index contributed by atoms with van der Waals surface area (Å²) in [6.45, 7) is 0. The molecule has 0 saturated carbocycles. The van der Waals surface area contributed by atoms with Crippen LogP contribution in [0.1, 0.15) is 5.56 Å². The Morgan fingerprint density at radius 2 is 2.46 bits per heavy atom. The Kier molecular flexibility index (Phi) is 1.70. The summed E-state index contributed by atoms with van der Waals surface area (Å²) in [5.74, 6) is -0.344. The molecule has 1 amide bonds. The molecule has 0 aromatic carbocycles. The predicted octanol–water partition coefficient (Wildman–Crippen LogP) is -0.243. The molecule has 0 bridgehead atoms. The van der Waals surface area contributed by atoms with E-state index in [4.69, 9.17) is 5.73 Å². The third-order valence-electron chi connectivity index (χ3n) is 1.71. The highest BCUT2D eigenvalue weighted by Crippen LogP contribution is 2.06. The Balaban J connectivity index is 2.44. The first kappa shape index (κ1) is 7.72. The van der Waals surface area contributed by atoms with Crippen molar-refractivity contribution in [3.05, 3.63) is 30.4 Å². The zero-order chi connectivity index (χ0) is 9.26. The van der Waals surface area contributed by atoms with Crippen LogP contribution in [0.25, 0.3) is 5.52 Å². The van der Waals surface area contributed by atoms with Crippen molar-refractivity contribution in [2.45, 2.75) is 6.42 Å². The molecule has 0 radical (unpaired) electrons. The van der Waals surface area contributed by atoms with Gasteiger partial charge in [0.05, 0.1) is 18.1 Å². The highest BCUT2D eigenvalue weighted by Gasteiger charge is 2.02. The molecular formula is C8H8N4O. The Bertz CT molecular complexity index is 415. The molecule has 66 valence electrons. The standard InChI is InChI=1S/C8H8N4O/c9-8(13)2-6-1-7-3-10-5-11-12(7)4-6/h1,3-5H,2H2,(H2,9,13). The summed E-state index contributed by atoms with van der Waals surface area (Å²) in [6, 6.07) is 1.84. The Labute approximate surface area is 74.2 Å². The molecular weight excluding hydrogens is 168 g/mol. The van der Waals surface area contributed by atoms with Crippen molar-refractivity contribution in [2.75, 3.05) is 0 Å². The Morgan fingerprint density at radius 3 is 3.15 bits per heavy atom. The number of carbonyl (C=O) groups excluding carboxylic acids is 1. The summed E-state index contributed by atoms with van der Waals surface area (Å²) in [6.07, 6.45) is 5.13. The summed E-state index contributed by atoms with van der Waals surface area (Å²) in [5.41, 5.74) is 6.78. The fraction of sp³-hybridized carbons (Fsp3) is 0.125. The number of fused-ring (bicyclic) bond motifs is 1. The van der Waals surface area contributed by atoms with E-state index in [1.807, 2.05) is 6.07 Å². The second-order valence-corrected chi connectivity index (χ2v) is 2.77. The molecule has 2 rings (SSSR count). The van der Waals surface area contributed by atoms with Crippen molar-refractivity contribution in [3.8, 4) is 0 Å². The SMILES string of the molecule is NC(=O)Cc1cc2cncnn2c1. The maximum absolute atomic E-state index is 10.6. The molecule has 2 N–H and O–H groups in total. The number of hydrogen-bond acceptors (Lipinski definition) is 3. The van der Waals surface area contributed by atoms with Crippen LogP contribution in [0.3, 0.4) is 0 Å². The predicted molar refractivity (Wildman–Crippen MR) is 45.9 cm³/mol. The van der Waals surface area contributed by atoms with Gasteiger partial charge in [-0.3, -0.25) is 4.79 Å². The lowest BCUT2D eigenvalue weighted by Crippen LogP contribution is -2.12. The molecule has 0 aliphatic rings. The van der Waals surface area contributed by atoms with Gasteiger partial charge in [0.15, 0.2) is 0 Å². The molecule has 0 spiro atoms. The topological polar surface area (TPSA) is 73.3 Å². The van der Waals surface area contributed by atoms with Crippen LogP contribution < -0.4 is 5.73 Å². The maximum Gasteiger partial charge on any atom is 0.221 e. The smallest absolute Gasteiger partial charge is 0.221 e. The average Bonchev–Trinajstić information content (AvgIpc) is 2.44. The lowest BCUT2D eigenvalue weighted by Gasteiger charge is -1.88. The van der Waals surface area contributed by atoms with E-state index in [9.17, 15) is 4.79 Å². The van der Waals surface area contributed by atoms with E-state index in [0.717, 1.165) is 11.1 Å². The highest BCUT2D eigenvalue weighted by atomic mass is 16.1. The molecule has 2 heterocycles. The van der Waals surface area contributed by atoms with E-state index < -0.39 is 0 Å². The number of aromatic nitrogens is 3. The van der Waals surface area contributed by atoms with Crippen LogP contribution >= 0.6 is 0 Å². The van der Waals surface area contributed by atoms with Gasteiger partial charge < -0.3 is 5.73 Å². The summed E-state index contributed by atoms with van der Waals surface area (Å²) in [7, 11) is 0. The van der Waals surface area contributed by atoms with E-state index in [0.29, 0.717) is 0 Å². The maximum atomic E-state index is 10.6. The molecule has 0 aliphatic heterocycles. The van der Waals surface area contributed by atoms with Crippen molar-refractivity contribution in [3.63, 3.8) is 0 Å². The average molecular weight is 176 g/mol. The molecule has 0 aliphatic carbocycles. The van der Waals surface area contributed by atoms with Crippen LogP contribution in [0, 0.1) is 0 Å². The quantitative estimate of drug-likeness (QED) is 0.686. The van der Waals surface area contributed by atoms with Crippen LogP contribution in [0.15, 0.2) is 24.8 Å². The summed E-state index contributed by atoms with van der Waals surface area (Å²) < 4.78 is 1.66. The first-order chi connectivity index (χ1) is 6.25. The molecule has 0 fully saturated rings. The first-order valence-corrected chi connectivity index (χ1v) is 3.81. The number of nitrogens with two attached hydrogens (primary N) is 1. The van der Waals surface area contributed by atoms with Crippen LogP contribution in [0.2, 0.25) is 0 Å². The molecule has 0 unspecified atom stereocenters. The second-order valence-electron chi connectivity index (χ2n) is 2.77. The molecule has 2 aromatic heterocycles. The van der Waals surface area contributed by atoms with Crippen molar-refractivity contribution in [2.24, 2.45) is 5.73 Å². The van der Waals surface area contributed by atoms with Crippen LogP contribution in [-0.4, -0.2) is 20.5 Å². The number of carbonyl (C=O) groups is 1.